The molecule has 3 aromatic rings. The second-order valence-electron chi connectivity index (χ2n) is 6.58. The van der Waals surface area contributed by atoms with Crippen LogP contribution in [0.4, 0.5) is 0 Å². The lowest BCUT2D eigenvalue weighted by molar-refractivity contribution is 0.339. The number of hydrogen-bond acceptors (Lipinski definition) is 4. The molecule has 2 aromatic carbocycles. The van der Waals surface area contributed by atoms with Gasteiger partial charge in [-0.15, -0.1) is 0 Å². The average Bonchev–Trinajstić information content (AvgIpc) is 3.20. The van der Waals surface area contributed by atoms with Crippen LogP contribution in [0.15, 0.2) is 46.9 Å². The lowest BCUT2D eigenvalue weighted by Gasteiger charge is -2.18. The summed E-state index contributed by atoms with van der Waals surface area (Å²) in [6.45, 7) is 2.60. The van der Waals surface area contributed by atoms with Gasteiger partial charge in [0.2, 0.25) is 15.9 Å². The maximum Gasteiger partial charge on any atom is 0.213 e. The Morgan fingerprint density at radius 3 is 2.76 bits per heavy atom. The normalized spacial score (nSPS) is 18.9. The first kappa shape index (κ1) is 16.3. The number of sulfonamides is 1. The number of aryl methyl sites for hydroxylation is 1. The van der Waals surface area contributed by atoms with Crippen LogP contribution in [-0.2, 0) is 10.0 Å². The van der Waals surface area contributed by atoms with E-state index in [9.17, 15) is 8.42 Å². The molecule has 1 aliphatic heterocycles. The fraction of sp³-hybridized carbons (Fsp3) is 0.316. The first-order chi connectivity index (χ1) is 11.9. The Labute approximate surface area is 147 Å². The molecule has 0 amide bonds. The largest absolute Gasteiger partial charge is 0.439 e. The molecule has 130 valence electrons. The number of aromatic nitrogens is 1. The summed E-state index contributed by atoms with van der Waals surface area (Å²) in [6, 6.07) is 13.8. The summed E-state index contributed by atoms with van der Waals surface area (Å²) in [5.74, 6) is 0.486. The Bertz CT molecular complexity index is 1040. The minimum Gasteiger partial charge on any atom is -0.439 e. The van der Waals surface area contributed by atoms with Crippen molar-refractivity contribution in [3.05, 3.63) is 53.9 Å². The van der Waals surface area contributed by atoms with E-state index in [1.165, 1.54) is 16.1 Å². The van der Waals surface area contributed by atoms with Crippen molar-refractivity contribution >= 4 is 21.1 Å². The van der Waals surface area contributed by atoms with E-state index < -0.39 is 10.0 Å². The van der Waals surface area contributed by atoms with Gasteiger partial charge in [-0.2, -0.15) is 4.31 Å². The number of nitrogens with zero attached hydrogens (tertiary/aromatic N) is 2. The third-order valence-electron chi connectivity index (χ3n) is 4.77. The van der Waals surface area contributed by atoms with E-state index in [1.807, 2.05) is 30.3 Å². The monoisotopic (exact) mass is 356 g/mol. The van der Waals surface area contributed by atoms with Crippen molar-refractivity contribution in [2.24, 2.45) is 0 Å². The van der Waals surface area contributed by atoms with E-state index in [0.717, 1.165) is 29.5 Å². The predicted molar refractivity (Wildman–Crippen MR) is 97.7 cm³/mol. The van der Waals surface area contributed by atoms with Crippen molar-refractivity contribution in [3.8, 4) is 11.1 Å². The Balaban J connectivity index is 1.75. The standard InChI is InChI=1S/C19H20N2O3S/c1-13-6-3-4-7-15(13)14-9-10-18-16(12-14)20-19(24-18)17-8-5-11-21(17)25(2,22)23/h3-4,6-7,9-10,12,17H,5,8,11H2,1-2H3. The van der Waals surface area contributed by atoms with Gasteiger partial charge in [-0.25, -0.2) is 13.4 Å². The molecule has 1 unspecified atom stereocenters. The van der Waals surface area contributed by atoms with E-state index in [1.54, 1.807) is 0 Å². The van der Waals surface area contributed by atoms with Gasteiger partial charge >= 0.3 is 0 Å². The van der Waals surface area contributed by atoms with E-state index in [0.29, 0.717) is 18.0 Å². The molecule has 2 heterocycles. The van der Waals surface area contributed by atoms with Gasteiger partial charge in [0.05, 0.1) is 6.26 Å². The lowest BCUT2D eigenvalue weighted by atomic mass is 10.0. The second-order valence-corrected chi connectivity index (χ2v) is 8.52. The van der Waals surface area contributed by atoms with Gasteiger partial charge in [0.25, 0.3) is 0 Å². The van der Waals surface area contributed by atoms with Gasteiger partial charge in [-0.3, -0.25) is 0 Å². The summed E-state index contributed by atoms with van der Waals surface area (Å²) in [5, 5.41) is 0. The van der Waals surface area contributed by atoms with Crippen LogP contribution >= 0.6 is 0 Å². The van der Waals surface area contributed by atoms with Crippen molar-refractivity contribution in [3.63, 3.8) is 0 Å². The molecule has 25 heavy (non-hydrogen) atoms. The van der Waals surface area contributed by atoms with Crippen LogP contribution in [-0.4, -0.2) is 30.5 Å². The molecule has 1 aliphatic rings. The third-order valence-corrected chi connectivity index (χ3v) is 6.06. The predicted octanol–water partition coefficient (Wildman–Crippen LogP) is 3.90. The summed E-state index contributed by atoms with van der Waals surface area (Å²) < 4.78 is 31.3. The van der Waals surface area contributed by atoms with Crippen molar-refractivity contribution in [2.45, 2.75) is 25.8 Å². The molecule has 1 fully saturated rings. The van der Waals surface area contributed by atoms with Gasteiger partial charge in [0.1, 0.15) is 11.6 Å². The molecule has 5 nitrogen and oxygen atoms in total. The van der Waals surface area contributed by atoms with E-state index in [4.69, 9.17) is 4.42 Å². The highest BCUT2D eigenvalue weighted by molar-refractivity contribution is 7.88. The summed E-state index contributed by atoms with van der Waals surface area (Å²) in [6.07, 6.45) is 2.81. The molecule has 4 rings (SSSR count). The first-order valence-corrected chi connectivity index (χ1v) is 10.2. The highest BCUT2D eigenvalue weighted by atomic mass is 32.2. The number of rotatable bonds is 3. The Kier molecular flexibility index (Phi) is 3.89. The van der Waals surface area contributed by atoms with Crippen molar-refractivity contribution in [1.82, 2.24) is 9.29 Å². The SMILES string of the molecule is Cc1ccccc1-c1ccc2oc(C3CCCN3S(C)(=O)=O)nc2c1. The Hall–Kier alpha value is -2.18. The fourth-order valence-corrected chi connectivity index (χ4v) is 4.65. The van der Waals surface area contributed by atoms with Crippen LogP contribution in [0.2, 0.25) is 0 Å². The zero-order valence-electron chi connectivity index (χ0n) is 14.3. The van der Waals surface area contributed by atoms with Crippen LogP contribution in [0.1, 0.15) is 30.3 Å². The summed E-state index contributed by atoms with van der Waals surface area (Å²) in [5.41, 5.74) is 4.89. The molecule has 1 atom stereocenters. The van der Waals surface area contributed by atoms with E-state index in [-0.39, 0.29) is 6.04 Å². The van der Waals surface area contributed by atoms with Crippen molar-refractivity contribution in [1.29, 1.82) is 0 Å². The van der Waals surface area contributed by atoms with Gasteiger partial charge < -0.3 is 4.42 Å². The summed E-state index contributed by atoms with van der Waals surface area (Å²) in [7, 11) is -3.26. The quantitative estimate of drug-likeness (QED) is 0.714. The van der Waals surface area contributed by atoms with E-state index >= 15 is 0 Å². The van der Waals surface area contributed by atoms with Gasteiger partial charge in [-0.1, -0.05) is 30.3 Å². The van der Waals surface area contributed by atoms with E-state index in [2.05, 4.69) is 24.0 Å². The molecule has 1 saturated heterocycles. The van der Waals surface area contributed by atoms with Gasteiger partial charge in [0, 0.05) is 6.54 Å². The van der Waals surface area contributed by atoms with Crippen molar-refractivity contribution in [2.75, 3.05) is 12.8 Å². The van der Waals surface area contributed by atoms with Crippen LogP contribution in [0.5, 0.6) is 0 Å². The van der Waals surface area contributed by atoms with Crippen molar-refractivity contribution < 1.29 is 12.8 Å². The highest BCUT2D eigenvalue weighted by Crippen LogP contribution is 2.35. The van der Waals surface area contributed by atoms with Gasteiger partial charge in [-0.05, 0) is 48.6 Å². The van der Waals surface area contributed by atoms with Crippen LogP contribution < -0.4 is 0 Å². The second kappa shape index (κ2) is 5.97. The molecule has 0 N–H and O–H groups in total. The molecule has 0 saturated carbocycles. The minimum absolute atomic E-state index is 0.302. The zero-order valence-corrected chi connectivity index (χ0v) is 15.1. The number of benzene rings is 2. The minimum atomic E-state index is -3.26. The molecule has 0 bridgehead atoms. The number of fused-ring (bicyclic) bond motifs is 1. The lowest BCUT2D eigenvalue weighted by Crippen LogP contribution is -2.29. The first-order valence-electron chi connectivity index (χ1n) is 8.37. The Morgan fingerprint density at radius 2 is 2.00 bits per heavy atom. The fourth-order valence-electron chi connectivity index (χ4n) is 3.54. The Morgan fingerprint density at radius 1 is 1.20 bits per heavy atom. The molecule has 0 aliphatic carbocycles. The summed E-state index contributed by atoms with van der Waals surface area (Å²) >= 11 is 0. The molecule has 1 aromatic heterocycles. The summed E-state index contributed by atoms with van der Waals surface area (Å²) in [4.78, 5) is 4.60. The van der Waals surface area contributed by atoms with Crippen LogP contribution in [0.25, 0.3) is 22.2 Å². The molecular weight excluding hydrogens is 336 g/mol. The van der Waals surface area contributed by atoms with Crippen LogP contribution in [0.3, 0.4) is 0 Å². The number of hydrogen-bond donors (Lipinski definition) is 0. The zero-order chi connectivity index (χ0) is 17.6. The average molecular weight is 356 g/mol. The molecular formula is C19H20N2O3S. The third kappa shape index (κ3) is 2.96. The molecule has 6 heteroatoms. The maximum atomic E-state index is 12.0. The van der Waals surface area contributed by atoms with Crippen LogP contribution in [0, 0.1) is 6.92 Å². The number of oxazole rings is 1. The van der Waals surface area contributed by atoms with Gasteiger partial charge in [0.15, 0.2) is 5.58 Å². The molecule has 0 spiro atoms. The molecule has 0 radical (unpaired) electrons. The smallest absolute Gasteiger partial charge is 0.213 e. The topological polar surface area (TPSA) is 63.4 Å². The maximum absolute atomic E-state index is 12.0. The highest BCUT2D eigenvalue weighted by Gasteiger charge is 2.35.